The third-order valence-electron chi connectivity index (χ3n) is 7.09. The molecule has 2 aromatic heterocycles. The summed E-state index contributed by atoms with van der Waals surface area (Å²) in [4.78, 5) is 46.6. The molecule has 27 heavy (non-hydrogen) atoms. The Labute approximate surface area is 156 Å². The number of fused-ring (bicyclic) bond motifs is 1. The van der Waals surface area contributed by atoms with Crippen LogP contribution in [0.5, 0.6) is 0 Å². The van der Waals surface area contributed by atoms with Crippen molar-refractivity contribution in [2.45, 2.75) is 70.9 Å². The van der Waals surface area contributed by atoms with Gasteiger partial charge in [-0.25, -0.2) is 9.78 Å². The zero-order valence-electron chi connectivity index (χ0n) is 16.0. The molecule has 0 saturated heterocycles. The third-order valence-corrected chi connectivity index (χ3v) is 7.09. The number of nitrogens with one attached hydrogen (secondary N) is 1. The van der Waals surface area contributed by atoms with Crippen molar-refractivity contribution in [2.75, 3.05) is 0 Å². The first-order valence-electron chi connectivity index (χ1n) is 10.3. The monoisotopic (exact) mass is 370 g/mol. The van der Waals surface area contributed by atoms with E-state index in [1.807, 2.05) is 13.8 Å². The minimum Gasteiger partial charge on any atom is -0.336 e. The van der Waals surface area contributed by atoms with Gasteiger partial charge in [-0.2, -0.15) is 0 Å². The number of imidazole rings is 1. The summed E-state index contributed by atoms with van der Waals surface area (Å²) in [6.07, 6.45) is 5.29. The second-order valence-electron chi connectivity index (χ2n) is 8.73. The average Bonchev–Trinajstić information content (AvgIpc) is 3.26. The highest BCUT2D eigenvalue weighted by Crippen LogP contribution is 2.63. The molecule has 4 fully saturated rings. The summed E-state index contributed by atoms with van der Waals surface area (Å²) in [5, 5.41) is 0. The second kappa shape index (κ2) is 5.66. The summed E-state index contributed by atoms with van der Waals surface area (Å²) in [7, 11) is 0. The molecule has 4 aliphatic carbocycles. The molecule has 2 aromatic rings. The van der Waals surface area contributed by atoms with E-state index in [1.165, 1.54) is 4.57 Å². The van der Waals surface area contributed by atoms with Crippen LogP contribution in [-0.4, -0.2) is 24.9 Å². The molecule has 144 valence electrons. The lowest BCUT2D eigenvalue weighted by atomic mass is 9.75. The van der Waals surface area contributed by atoms with Crippen molar-refractivity contribution in [1.29, 1.82) is 0 Å². The molecule has 0 spiro atoms. The van der Waals surface area contributed by atoms with Crippen LogP contribution >= 0.6 is 0 Å². The van der Waals surface area contributed by atoms with E-state index in [9.17, 15) is 14.4 Å². The van der Waals surface area contributed by atoms with Gasteiger partial charge < -0.3 is 4.98 Å². The molecular formula is C20H26N4O3. The van der Waals surface area contributed by atoms with E-state index in [2.05, 4.69) is 4.98 Å². The molecule has 4 bridgehead atoms. The van der Waals surface area contributed by atoms with Gasteiger partial charge in [0.25, 0.3) is 5.56 Å². The van der Waals surface area contributed by atoms with Crippen molar-refractivity contribution >= 4 is 16.9 Å². The number of carbonyl (C=O) groups is 1. The lowest BCUT2D eigenvalue weighted by Gasteiger charge is -2.29. The van der Waals surface area contributed by atoms with Crippen molar-refractivity contribution < 1.29 is 4.79 Å². The maximum atomic E-state index is 13.0. The highest BCUT2D eigenvalue weighted by Gasteiger charge is 2.64. The van der Waals surface area contributed by atoms with Crippen LogP contribution in [0, 0.1) is 17.8 Å². The molecule has 2 heterocycles. The summed E-state index contributed by atoms with van der Waals surface area (Å²) in [5.74, 6) is 1.93. The van der Waals surface area contributed by atoms with Crippen LogP contribution in [0.25, 0.3) is 11.2 Å². The van der Waals surface area contributed by atoms with E-state index in [1.54, 1.807) is 4.57 Å². The lowest BCUT2D eigenvalue weighted by Crippen LogP contribution is -2.40. The van der Waals surface area contributed by atoms with Crippen LogP contribution < -0.4 is 11.2 Å². The zero-order chi connectivity index (χ0) is 18.9. The Hall–Kier alpha value is -2.18. The van der Waals surface area contributed by atoms with Crippen molar-refractivity contribution in [2.24, 2.45) is 17.8 Å². The topological polar surface area (TPSA) is 89.8 Å². The van der Waals surface area contributed by atoms with Gasteiger partial charge in [-0.05, 0) is 44.4 Å². The van der Waals surface area contributed by atoms with E-state index >= 15 is 0 Å². The standard InChI is InChI=1S/C20H26N4O3/c1-3-5-23-16-14(17(26)24(6-4-2)19(23)27)21-18(22-16)20-9-11-7-12(10-20)15(25)13(20)8-11/h11-13H,3-10H2,1-2H3,(H,21,22). The average molecular weight is 370 g/mol. The Morgan fingerprint density at radius 3 is 2.56 bits per heavy atom. The van der Waals surface area contributed by atoms with Gasteiger partial charge in [-0.1, -0.05) is 13.8 Å². The van der Waals surface area contributed by atoms with Gasteiger partial charge in [0.15, 0.2) is 5.65 Å². The Morgan fingerprint density at radius 2 is 1.81 bits per heavy atom. The molecule has 7 heteroatoms. The maximum Gasteiger partial charge on any atom is 0.332 e. The number of hydrogen-bond donors (Lipinski definition) is 1. The van der Waals surface area contributed by atoms with Gasteiger partial charge in [0.05, 0.1) is 0 Å². The van der Waals surface area contributed by atoms with Gasteiger partial charge in [-0.3, -0.25) is 18.7 Å². The molecule has 1 N–H and O–H groups in total. The highest BCUT2D eigenvalue weighted by molar-refractivity contribution is 5.89. The van der Waals surface area contributed by atoms with Crippen LogP contribution in [0.1, 0.15) is 58.2 Å². The van der Waals surface area contributed by atoms with E-state index in [4.69, 9.17) is 4.98 Å². The van der Waals surface area contributed by atoms with Crippen molar-refractivity contribution in [3.05, 3.63) is 26.7 Å². The van der Waals surface area contributed by atoms with Crippen LogP contribution in [0.4, 0.5) is 0 Å². The molecule has 0 amide bonds. The first kappa shape index (κ1) is 17.0. The van der Waals surface area contributed by atoms with Crippen molar-refractivity contribution in [3.8, 4) is 0 Å². The predicted molar refractivity (Wildman–Crippen MR) is 101 cm³/mol. The Kier molecular flexibility index (Phi) is 3.55. The quantitative estimate of drug-likeness (QED) is 0.871. The summed E-state index contributed by atoms with van der Waals surface area (Å²) in [6, 6.07) is 0. The number of Topliss-reactive ketones (excluding diaryl/α,β-unsaturated/α-hetero) is 1. The number of aryl methyl sites for hydroxylation is 1. The van der Waals surface area contributed by atoms with Gasteiger partial charge in [-0.15, -0.1) is 0 Å². The molecule has 4 saturated carbocycles. The maximum absolute atomic E-state index is 13.0. The van der Waals surface area contributed by atoms with E-state index in [0.717, 1.165) is 44.3 Å². The Morgan fingerprint density at radius 1 is 1.07 bits per heavy atom. The fraction of sp³-hybridized carbons (Fsp3) is 0.700. The fourth-order valence-electron chi connectivity index (χ4n) is 6.13. The van der Waals surface area contributed by atoms with Crippen LogP contribution in [0.2, 0.25) is 0 Å². The minimum atomic E-state index is -0.289. The molecule has 7 nitrogen and oxygen atoms in total. The summed E-state index contributed by atoms with van der Waals surface area (Å²) >= 11 is 0. The molecular weight excluding hydrogens is 344 g/mol. The molecule has 4 atom stereocenters. The van der Waals surface area contributed by atoms with Gasteiger partial charge >= 0.3 is 5.69 Å². The first-order chi connectivity index (χ1) is 13.0. The fourth-order valence-corrected chi connectivity index (χ4v) is 6.13. The van der Waals surface area contributed by atoms with Gasteiger partial charge in [0, 0.05) is 30.3 Å². The molecule has 4 aliphatic rings. The zero-order valence-corrected chi connectivity index (χ0v) is 16.0. The SMILES string of the molecule is CCCn1c(=O)c2[nH]c(C34CC5CC(C3)C(=O)C4C5)nc2n(CCC)c1=O. The molecule has 4 unspecified atom stereocenters. The van der Waals surface area contributed by atoms with Crippen LogP contribution in [-0.2, 0) is 23.3 Å². The number of aromatic amines is 1. The highest BCUT2D eigenvalue weighted by atomic mass is 16.2. The third kappa shape index (κ3) is 2.08. The summed E-state index contributed by atoms with van der Waals surface area (Å²) < 4.78 is 2.95. The number of H-pyrrole nitrogens is 1. The Balaban J connectivity index is 1.74. The number of ketones is 1. The number of rotatable bonds is 5. The molecule has 0 radical (unpaired) electrons. The number of aromatic nitrogens is 4. The Bertz CT molecular complexity index is 1060. The van der Waals surface area contributed by atoms with Crippen molar-refractivity contribution in [3.63, 3.8) is 0 Å². The van der Waals surface area contributed by atoms with Gasteiger partial charge in [0.2, 0.25) is 0 Å². The summed E-state index contributed by atoms with van der Waals surface area (Å²) in [6.45, 7) is 4.90. The van der Waals surface area contributed by atoms with Gasteiger partial charge in [0.1, 0.15) is 17.1 Å². The van der Waals surface area contributed by atoms with Crippen LogP contribution in [0.3, 0.4) is 0 Å². The van der Waals surface area contributed by atoms with Crippen LogP contribution in [0.15, 0.2) is 9.59 Å². The van der Waals surface area contributed by atoms with E-state index < -0.39 is 0 Å². The number of nitrogens with zero attached hydrogens (tertiary/aromatic N) is 3. The number of hydrogen-bond acceptors (Lipinski definition) is 4. The lowest BCUT2D eigenvalue weighted by molar-refractivity contribution is -0.126. The smallest absolute Gasteiger partial charge is 0.332 e. The molecule has 0 aromatic carbocycles. The predicted octanol–water partition coefficient (Wildman–Crippen LogP) is 1.96. The summed E-state index contributed by atoms with van der Waals surface area (Å²) in [5.41, 5.74) is 0.0592. The molecule has 6 rings (SSSR count). The van der Waals surface area contributed by atoms with E-state index in [0.29, 0.717) is 36.0 Å². The minimum absolute atomic E-state index is 0.0334. The van der Waals surface area contributed by atoms with E-state index in [-0.39, 0.29) is 28.5 Å². The largest absolute Gasteiger partial charge is 0.336 e. The normalized spacial score (nSPS) is 31.5. The second-order valence-corrected chi connectivity index (χ2v) is 8.73. The first-order valence-corrected chi connectivity index (χ1v) is 10.3. The van der Waals surface area contributed by atoms with Crippen molar-refractivity contribution in [1.82, 2.24) is 19.1 Å². The number of carbonyl (C=O) groups excluding carboxylic acids is 1. The molecule has 0 aliphatic heterocycles.